The standard InChI is InChI=1S/C14H10Cl2N2O2.C7H9N.C3H8.C2H6/c1-8(19)11-6-10(15)3-4-12(11)18-14(20)9-2-5-13(16)17-7-9;1-6-3-4-7(2)8-5-6;1-3-2;1-2/h2-7H,1H3,(H,18,20);3-5H,1-2H3;3H2,1-2H3;1-2H3. The lowest BCUT2D eigenvalue weighted by Gasteiger charge is -2.09. The fourth-order valence-corrected chi connectivity index (χ4v) is 2.45. The van der Waals surface area contributed by atoms with Crippen molar-refractivity contribution in [2.24, 2.45) is 0 Å². The van der Waals surface area contributed by atoms with E-state index in [0.29, 0.717) is 27.0 Å². The van der Waals surface area contributed by atoms with Crippen molar-refractivity contribution < 1.29 is 9.59 Å². The predicted molar refractivity (Wildman–Crippen MR) is 140 cm³/mol. The SMILES string of the molecule is CC.CC(=O)c1cc(Cl)ccc1NC(=O)c1ccc(Cl)nc1.CCC.Cc1ccc(C)nc1. The molecule has 7 heteroatoms. The fourth-order valence-electron chi connectivity index (χ4n) is 2.16. The van der Waals surface area contributed by atoms with Gasteiger partial charge in [0.1, 0.15) is 5.15 Å². The van der Waals surface area contributed by atoms with Gasteiger partial charge in [0.2, 0.25) is 0 Å². The average Bonchev–Trinajstić information content (AvgIpc) is 2.79. The number of hydrogen-bond acceptors (Lipinski definition) is 4. The molecule has 5 nitrogen and oxygen atoms in total. The maximum absolute atomic E-state index is 12.0. The molecule has 0 saturated carbocycles. The van der Waals surface area contributed by atoms with Gasteiger partial charge in [-0.25, -0.2) is 4.98 Å². The molecular weight excluding hydrogens is 457 g/mol. The molecule has 0 radical (unpaired) electrons. The molecule has 1 N–H and O–H groups in total. The van der Waals surface area contributed by atoms with Crippen LogP contribution < -0.4 is 5.32 Å². The van der Waals surface area contributed by atoms with Crippen LogP contribution in [0, 0.1) is 13.8 Å². The molecule has 2 heterocycles. The highest BCUT2D eigenvalue weighted by Crippen LogP contribution is 2.22. The topological polar surface area (TPSA) is 72.0 Å². The number of rotatable bonds is 3. The van der Waals surface area contributed by atoms with Crippen LogP contribution in [0.25, 0.3) is 0 Å². The van der Waals surface area contributed by atoms with Gasteiger partial charge in [-0.15, -0.1) is 0 Å². The molecule has 0 aliphatic rings. The van der Waals surface area contributed by atoms with E-state index in [9.17, 15) is 9.59 Å². The van der Waals surface area contributed by atoms with Gasteiger partial charge in [-0.3, -0.25) is 14.6 Å². The minimum atomic E-state index is -0.376. The zero-order chi connectivity index (χ0) is 25.4. The van der Waals surface area contributed by atoms with Gasteiger partial charge >= 0.3 is 0 Å². The summed E-state index contributed by atoms with van der Waals surface area (Å²) in [6.45, 7) is 13.7. The van der Waals surface area contributed by atoms with Crippen LogP contribution in [-0.2, 0) is 0 Å². The van der Waals surface area contributed by atoms with Gasteiger partial charge in [-0.1, -0.05) is 63.4 Å². The first-order valence-corrected chi connectivity index (χ1v) is 11.6. The lowest BCUT2D eigenvalue weighted by molar-refractivity contribution is 0.101. The molecule has 0 spiro atoms. The molecular formula is C26H33Cl2N3O2. The molecule has 178 valence electrons. The van der Waals surface area contributed by atoms with Crippen molar-refractivity contribution in [2.75, 3.05) is 5.32 Å². The van der Waals surface area contributed by atoms with Gasteiger partial charge in [0.05, 0.1) is 11.3 Å². The number of nitrogens with one attached hydrogen (secondary N) is 1. The molecule has 3 aromatic rings. The van der Waals surface area contributed by atoms with Crippen molar-refractivity contribution in [3.63, 3.8) is 0 Å². The zero-order valence-corrected chi connectivity index (χ0v) is 21.9. The average molecular weight is 490 g/mol. The van der Waals surface area contributed by atoms with Crippen LogP contribution in [0.4, 0.5) is 5.69 Å². The second-order valence-corrected chi connectivity index (χ2v) is 7.58. The second-order valence-electron chi connectivity index (χ2n) is 6.75. The maximum atomic E-state index is 12.0. The van der Waals surface area contributed by atoms with Crippen molar-refractivity contribution in [1.29, 1.82) is 0 Å². The summed E-state index contributed by atoms with van der Waals surface area (Å²) in [6.07, 6.45) is 4.48. The third-order valence-corrected chi connectivity index (χ3v) is 4.12. The minimum absolute atomic E-state index is 0.183. The summed E-state index contributed by atoms with van der Waals surface area (Å²) < 4.78 is 0. The molecule has 1 amide bonds. The predicted octanol–water partition coefficient (Wildman–Crippen LogP) is 7.98. The van der Waals surface area contributed by atoms with Crippen molar-refractivity contribution in [1.82, 2.24) is 9.97 Å². The van der Waals surface area contributed by atoms with Gasteiger partial charge in [-0.05, 0) is 62.7 Å². The van der Waals surface area contributed by atoms with Crippen LogP contribution in [0.3, 0.4) is 0 Å². The van der Waals surface area contributed by atoms with Crippen LogP contribution in [-0.4, -0.2) is 21.7 Å². The Morgan fingerprint density at radius 2 is 1.55 bits per heavy atom. The number of aryl methyl sites for hydroxylation is 2. The number of hydrogen-bond donors (Lipinski definition) is 1. The Kier molecular flexibility index (Phi) is 15.4. The summed E-state index contributed by atoms with van der Waals surface area (Å²) in [7, 11) is 0. The Morgan fingerprint density at radius 3 is 2.00 bits per heavy atom. The molecule has 0 aliphatic carbocycles. The van der Waals surface area contributed by atoms with Gasteiger partial charge < -0.3 is 5.32 Å². The summed E-state index contributed by atoms with van der Waals surface area (Å²) in [5.41, 5.74) is 3.40. The van der Waals surface area contributed by atoms with Crippen molar-refractivity contribution in [3.8, 4) is 0 Å². The van der Waals surface area contributed by atoms with Crippen molar-refractivity contribution >= 4 is 40.6 Å². The summed E-state index contributed by atoms with van der Waals surface area (Å²) in [5, 5.41) is 3.39. The number of aromatic nitrogens is 2. The number of ketones is 1. The molecule has 1 aromatic carbocycles. The van der Waals surface area contributed by atoms with Gasteiger partial charge in [0, 0.05) is 28.7 Å². The lowest BCUT2D eigenvalue weighted by Crippen LogP contribution is -2.14. The van der Waals surface area contributed by atoms with Gasteiger partial charge in [-0.2, -0.15) is 0 Å². The van der Waals surface area contributed by atoms with Crippen molar-refractivity contribution in [3.05, 3.63) is 87.4 Å². The number of amides is 1. The third kappa shape index (κ3) is 12.2. The normalized spacial score (nSPS) is 9.12. The maximum Gasteiger partial charge on any atom is 0.257 e. The van der Waals surface area contributed by atoms with Crippen molar-refractivity contribution in [2.45, 2.75) is 54.9 Å². The molecule has 0 fully saturated rings. The zero-order valence-electron chi connectivity index (χ0n) is 20.4. The molecule has 0 saturated heterocycles. The summed E-state index contributed by atoms with van der Waals surface area (Å²) in [5.74, 6) is -0.559. The van der Waals surface area contributed by atoms with Gasteiger partial charge in [0.15, 0.2) is 5.78 Å². The monoisotopic (exact) mass is 489 g/mol. The first kappa shape index (κ1) is 30.2. The highest BCUT2D eigenvalue weighted by Gasteiger charge is 2.12. The Bertz CT molecular complexity index is 968. The third-order valence-electron chi connectivity index (χ3n) is 3.66. The number of anilines is 1. The summed E-state index contributed by atoms with van der Waals surface area (Å²) in [6, 6.07) is 11.8. The van der Waals surface area contributed by atoms with E-state index in [1.807, 2.05) is 40.0 Å². The van der Waals surface area contributed by atoms with Crippen LogP contribution in [0.1, 0.15) is 73.0 Å². The van der Waals surface area contributed by atoms with E-state index in [1.54, 1.807) is 18.2 Å². The number of halogens is 2. The number of carbonyl (C=O) groups excluding carboxylic acids is 2. The number of benzene rings is 1. The van der Waals surface area contributed by atoms with E-state index in [1.165, 1.54) is 37.2 Å². The first-order chi connectivity index (χ1) is 15.7. The lowest BCUT2D eigenvalue weighted by atomic mass is 10.1. The Morgan fingerprint density at radius 1 is 0.909 bits per heavy atom. The summed E-state index contributed by atoms with van der Waals surface area (Å²) >= 11 is 11.5. The van der Waals surface area contributed by atoms with E-state index in [0.717, 1.165) is 5.69 Å². The van der Waals surface area contributed by atoms with Crippen LogP contribution in [0.2, 0.25) is 10.2 Å². The van der Waals surface area contributed by atoms with E-state index in [4.69, 9.17) is 23.2 Å². The highest BCUT2D eigenvalue weighted by molar-refractivity contribution is 6.31. The van der Waals surface area contributed by atoms with E-state index < -0.39 is 0 Å². The molecule has 0 bridgehead atoms. The van der Waals surface area contributed by atoms with Gasteiger partial charge in [0.25, 0.3) is 5.91 Å². The molecule has 0 aliphatic heterocycles. The van der Waals surface area contributed by atoms with Crippen LogP contribution >= 0.6 is 23.2 Å². The Balaban J connectivity index is 0.000000651. The smallest absolute Gasteiger partial charge is 0.257 e. The van der Waals surface area contributed by atoms with E-state index in [2.05, 4.69) is 35.2 Å². The molecule has 2 aromatic heterocycles. The van der Waals surface area contributed by atoms with Crippen LogP contribution in [0.5, 0.6) is 0 Å². The molecule has 33 heavy (non-hydrogen) atoms. The quantitative estimate of drug-likeness (QED) is 0.298. The highest BCUT2D eigenvalue weighted by atomic mass is 35.5. The molecule has 0 unspecified atom stereocenters. The second kappa shape index (κ2) is 16.8. The fraction of sp³-hybridized carbons (Fsp3) is 0.308. The molecule has 0 atom stereocenters. The largest absolute Gasteiger partial charge is 0.321 e. The number of carbonyl (C=O) groups is 2. The first-order valence-electron chi connectivity index (χ1n) is 10.8. The number of pyridine rings is 2. The number of nitrogens with zero attached hydrogens (tertiary/aromatic N) is 2. The summed E-state index contributed by atoms with van der Waals surface area (Å²) in [4.78, 5) is 31.5. The minimum Gasteiger partial charge on any atom is -0.321 e. The van der Waals surface area contributed by atoms with E-state index >= 15 is 0 Å². The van der Waals surface area contributed by atoms with Crippen LogP contribution in [0.15, 0.2) is 54.9 Å². The Hall–Kier alpha value is -2.76. The Labute approximate surface area is 207 Å². The van der Waals surface area contributed by atoms with E-state index in [-0.39, 0.29) is 11.7 Å². The number of Topliss-reactive ketones (excluding diaryl/α,β-unsaturated/α-hetero) is 1. The molecule has 3 rings (SSSR count).